The van der Waals surface area contributed by atoms with E-state index in [4.69, 9.17) is 0 Å². The molecule has 2 aromatic rings. The molecule has 2 aliphatic rings. The smallest absolute Gasteiger partial charge is 0.229 e. The second kappa shape index (κ2) is 9.35. The van der Waals surface area contributed by atoms with Gasteiger partial charge in [-0.05, 0) is 61.7 Å². The number of benzene rings is 2. The summed E-state index contributed by atoms with van der Waals surface area (Å²) in [6.07, 6.45) is 6.87. The van der Waals surface area contributed by atoms with E-state index in [1.807, 2.05) is 46.2 Å². The normalized spacial score (nSPS) is 20.9. The monoisotopic (exact) mass is 438 g/mol. The fraction of sp³-hybridized carbons (Fsp3) is 0.440. The highest BCUT2D eigenvalue weighted by molar-refractivity contribution is 7.99. The van der Waals surface area contributed by atoms with Gasteiger partial charge in [-0.2, -0.15) is 0 Å². The number of carbonyl (C=O) groups excluding carboxylic acids is 2. The Hall–Kier alpha value is -2.47. The van der Waals surface area contributed by atoms with Crippen LogP contribution in [-0.4, -0.2) is 34.0 Å². The van der Waals surface area contributed by atoms with Gasteiger partial charge in [-0.1, -0.05) is 44.0 Å². The number of nitrogens with zero attached hydrogens (tertiary/aromatic N) is 2. The standard InChI is InChI=1S/C25H30N2O3S/c1-2-3-4-5-17-26-23(29)13-15-25(26)16-14-24(30)27(25)19-9-11-21(12-10-19)31-22-8-6-7-20(28)18-22/h6-12,18,28H,2-5,13-17H2,1H3. The van der Waals surface area contributed by atoms with Crippen LogP contribution >= 0.6 is 11.8 Å². The van der Waals surface area contributed by atoms with Gasteiger partial charge in [-0.25, -0.2) is 0 Å². The first-order valence-corrected chi connectivity index (χ1v) is 12.1. The van der Waals surface area contributed by atoms with Crippen molar-refractivity contribution >= 4 is 29.3 Å². The van der Waals surface area contributed by atoms with Gasteiger partial charge in [0.1, 0.15) is 11.4 Å². The van der Waals surface area contributed by atoms with Crippen LogP contribution in [0.5, 0.6) is 5.75 Å². The number of phenols is 1. The van der Waals surface area contributed by atoms with Gasteiger partial charge in [0.15, 0.2) is 0 Å². The number of unbranched alkanes of at least 4 members (excludes halogenated alkanes) is 3. The molecule has 0 aromatic heterocycles. The van der Waals surface area contributed by atoms with Crippen LogP contribution in [0.15, 0.2) is 58.3 Å². The van der Waals surface area contributed by atoms with Gasteiger partial charge in [0.25, 0.3) is 0 Å². The van der Waals surface area contributed by atoms with Gasteiger partial charge in [-0.3, -0.25) is 14.5 Å². The summed E-state index contributed by atoms with van der Waals surface area (Å²) in [5.74, 6) is 0.519. The van der Waals surface area contributed by atoms with Crippen molar-refractivity contribution in [3.8, 4) is 5.75 Å². The van der Waals surface area contributed by atoms with E-state index in [0.29, 0.717) is 25.7 Å². The van der Waals surface area contributed by atoms with Gasteiger partial charge in [0, 0.05) is 34.9 Å². The van der Waals surface area contributed by atoms with Crippen molar-refractivity contribution in [2.75, 3.05) is 11.4 Å². The van der Waals surface area contributed by atoms with Crippen LogP contribution in [0.2, 0.25) is 0 Å². The topological polar surface area (TPSA) is 60.9 Å². The van der Waals surface area contributed by atoms with E-state index in [0.717, 1.165) is 41.3 Å². The summed E-state index contributed by atoms with van der Waals surface area (Å²) in [7, 11) is 0. The lowest BCUT2D eigenvalue weighted by molar-refractivity contribution is -0.131. The molecule has 1 atom stereocenters. The predicted molar refractivity (Wildman–Crippen MR) is 123 cm³/mol. The molecule has 1 N–H and O–H groups in total. The highest BCUT2D eigenvalue weighted by Crippen LogP contribution is 2.45. The molecule has 0 aliphatic carbocycles. The van der Waals surface area contributed by atoms with Crippen molar-refractivity contribution in [1.82, 2.24) is 4.90 Å². The lowest BCUT2D eigenvalue weighted by Crippen LogP contribution is -2.56. The molecule has 5 nitrogen and oxygen atoms in total. The molecule has 6 heteroatoms. The number of amides is 2. The third kappa shape index (κ3) is 4.45. The number of carbonyl (C=O) groups is 2. The molecule has 164 valence electrons. The summed E-state index contributed by atoms with van der Waals surface area (Å²) in [6, 6.07) is 15.1. The molecule has 2 heterocycles. The van der Waals surface area contributed by atoms with Gasteiger partial charge in [0.2, 0.25) is 11.8 Å². The minimum Gasteiger partial charge on any atom is -0.508 e. The van der Waals surface area contributed by atoms with Crippen molar-refractivity contribution < 1.29 is 14.7 Å². The van der Waals surface area contributed by atoms with Crippen LogP contribution in [0.25, 0.3) is 0 Å². The van der Waals surface area contributed by atoms with Crippen molar-refractivity contribution in [3.63, 3.8) is 0 Å². The Labute approximate surface area is 188 Å². The van der Waals surface area contributed by atoms with E-state index >= 15 is 0 Å². The quantitative estimate of drug-likeness (QED) is 0.548. The average molecular weight is 439 g/mol. The number of aromatic hydroxyl groups is 1. The Kier molecular flexibility index (Phi) is 6.56. The Morgan fingerprint density at radius 3 is 2.39 bits per heavy atom. The molecule has 2 aliphatic heterocycles. The molecule has 0 radical (unpaired) electrons. The second-order valence-corrected chi connectivity index (χ2v) is 9.56. The lowest BCUT2D eigenvalue weighted by Gasteiger charge is -2.42. The molecule has 1 unspecified atom stereocenters. The molecule has 2 saturated heterocycles. The number of rotatable bonds is 8. The second-order valence-electron chi connectivity index (χ2n) is 8.41. The number of likely N-dealkylation sites (tertiary alicyclic amines) is 1. The molecule has 1 spiro atoms. The maximum Gasteiger partial charge on any atom is 0.229 e. The Bertz CT molecular complexity index is 942. The molecule has 2 amide bonds. The maximum absolute atomic E-state index is 12.9. The molecular weight excluding hydrogens is 408 g/mol. The van der Waals surface area contributed by atoms with Crippen molar-refractivity contribution in [3.05, 3.63) is 48.5 Å². The predicted octanol–water partition coefficient (Wildman–Crippen LogP) is 5.57. The molecule has 0 saturated carbocycles. The van der Waals surface area contributed by atoms with Gasteiger partial charge < -0.3 is 10.0 Å². The molecule has 2 aromatic carbocycles. The van der Waals surface area contributed by atoms with E-state index in [2.05, 4.69) is 6.92 Å². The number of anilines is 1. The van der Waals surface area contributed by atoms with Gasteiger partial charge in [-0.15, -0.1) is 0 Å². The highest BCUT2D eigenvalue weighted by atomic mass is 32.2. The average Bonchev–Trinajstić information content (AvgIpc) is 3.26. The van der Waals surface area contributed by atoms with E-state index in [-0.39, 0.29) is 17.6 Å². The van der Waals surface area contributed by atoms with E-state index in [1.165, 1.54) is 6.42 Å². The first-order chi connectivity index (χ1) is 15.0. The van der Waals surface area contributed by atoms with Crippen molar-refractivity contribution in [1.29, 1.82) is 0 Å². The third-order valence-electron chi connectivity index (χ3n) is 6.33. The maximum atomic E-state index is 12.9. The summed E-state index contributed by atoms with van der Waals surface area (Å²) >= 11 is 1.57. The minimum absolute atomic E-state index is 0.0987. The first-order valence-electron chi connectivity index (χ1n) is 11.2. The lowest BCUT2D eigenvalue weighted by atomic mass is 10.0. The zero-order valence-electron chi connectivity index (χ0n) is 18.0. The Morgan fingerprint density at radius 2 is 1.68 bits per heavy atom. The van der Waals surface area contributed by atoms with E-state index in [9.17, 15) is 14.7 Å². The first kappa shape index (κ1) is 21.8. The Balaban J connectivity index is 1.54. The summed E-state index contributed by atoms with van der Waals surface area (Å²) in [5.41, 5.74) is 0.358. The van der Waals surface area contributed by atoms with Crippen LogP contribution in [0, 0.1) is 0 Å². The summed E-state index contributed by atoms with van der Waals surface area (Å²) < 4.78 is 0. The molecule has 31 heavy (non-hydrogen) atoms. The zero-order chi connectivity index (χ0) is 21.8. The SMILES string of the molecule is CCCCCCN1C(=O)CCC12CCC(=O)N2c1ccc(Sc2cccc(O)c2)cc1. The summed E-state index contributed by atoms with van der Waals surface area (Å²) in [4.78, 5) is 31.5. The fourth-order valence-corrected chi connectivity index (χ4v) is 5.70. The molecular formula is C25H30N2O3S. The van der Waals surface area contributed by atoms with Crippen LogP contribution in [0.3, 0.4) is 0 Å². The highest BCUT2D eigenvalue weighted by Gasteiger charge is 2.55. The van der Waals surface area contributed by atoms with Crippen LogP contribution < -0.4 is 4.90 Å². The third-order valence-corrected chi connectivity index (χ3v) is 7.33. The molecule has 0 bridgehead atoms. The number of hydrogen-bond donors (Lipinski definition) is 1. The van der Waals surface area contributed by atoms with Gasteiger partial charge in [0.05, 0.1) is 0 Å². The van der Waals surface area contributed by atoms with Crippen molar-refractivity contribution in [2.24, 2.45) is 0 Å². The van der Waals surface area contributed by atoms with E-state index < -0.39 is 5.66 Å². The number of phenolic OH excluding ortho intramolecular Hbond substituents is 1. The van der Waals surface area contributed by atoms with Crippen LogP contribution in [-0.2, 0) is 9.59 Å². The van der Waals surface area contributed by atoms with Crippen LogP contribution in [0.4, 0.5) is 5.69 Å². The Morgan fingerprint density at radius 1 is 0.935 bits per heavy atom. The van der Waals surface area contributed by atoms with Gasteiger partial charge >= 0.3 is 0 Å². The zero-order valence-corrected chi connectivity index (χ0v) is 18.9. The minimum atomic E-state index is -0.500. The van der Waals surface area contributed by atoms with Crippen LogP contribution in [0.1, 0.15) is 58.3 Å². The largest absolute Gasteiger partial charge is 0.508 e. The fourth-order valence-electron chi connectivity index (χ4n) is 4.82. The summed E-state index contributed by atoms with van der Waals surface area (Å²) in [5, 5.41) is 9.67. The molecule has 4 rings (SSSR count). The summed E-state index contributed by atoms with van der Waals surface area (Å²) in [6.45, 7) is 2.91. The van der Waals surface area contributed by atoms with Crippen molar-refractivity contribution in [2.45, 2.75) is 73.7 Å². The van der Waals surface area contributed by atoms with E-state index in [1.54, 1.807) is 23.9 Å². The molecule has 2 fully saturated rings. The number of hydrogen-bond acceptors (Lipinski definition) is 4.